The number of halogens is 1. The molecule has 0 radical (unpaired) electrons. The minimum atomic E-state index is -0.946. The Bertz CT molecular complexity index is 947. The minimum Gasteiger partial charge on any atom is -0.491 e. The highest BCUT2D eigenvalue weighted by atomic mass is 19.1. The highest BCUT2D eigenvalue weighted by Crippen LogP contribution is 2.19. The summed E-state index contributed by atoms with van der Waals surface area (Å²) < 4.78 is 24.7. The number of aliphatic hydroxyl groups is 1. The van der Waals surface area contributed by atoms with Gasteiger partial charge in [0, 0.05) is 5.56 Å². The first-order valence-electron chi connectivity index (χ1n) is 8.14. The number of rotatable bonds is 6. The number of ether oxygens (including phenoxy) is 1. The molecule has 3 rings (SSSR count). The van der Waals surface area contributed by atoms with E-state index in [0.717, 1.165) is 15.8 Å². The van der Waals surface area contributed by atoms with Crippen LogP contribution in [-0.2, 0) is 6.54 Å². The third-order valence-electron chi connectivity index (χ3n) is 3.86. The molecular formula is C19H19FN2O4. The molecule has 1 heterocycles. The number of benzene rings is 2. The summed E-state index contributed by atoms with van der Waals surface area (Å²) in [4.78, 5) is 11.9. The van der Waals surface area contributed by atoms with Crippen LogP contribution in [0.2, 0.25) is 0 Å². The molecule has 26 heavy (non-hydrogen) atoms. The van der Waals surface area contributed by atoms with Gasteiger partial charge in [0.2, 0.25) is 5.89 Å². The van der Waals surface area contributed by atoms with Gasteiger partial charge in [-0.15, -0.1) is 5.10 Å². The summed E-state index contributed by atoms with van der Waals surface area (Å²) in [5.74, 6) is -0.342. The average Bonchev–Trinajstić information content (AvgIpc) is 2.97. The van der Waals surface area contributed by atoms with E-state index in [1.165, 1.54) is 24.3 Å². The Kier molecular flexibility index (Phi) is 5.18. The molecule has 2 aromatic carbocycles. The molecular weight excluding hydrogens is 339 g/mol. The van der Waals surface area contributed by atoms with Crippen LogP contribution in [0.15, 0.2) is 51.7 Å². The van der Waals surface area contributed by atoms with Crippen molar-refractivity contribution in [2.75, 3.05) is 6.61 Å². The molecule has 3 aromatic rings. The first kappa shape index (κ1) is 17.9. The van der Waals surface area contributed by atoms with Crippen LogP contribution in [-0.4, -0.2) is 27.6 Å². The predicted molar refractivity (Wildman–Crippen MR) is 93.6 cm³/mol. The van der Waals surface area contributed by atoms with Gasteiger partial charge in [0.15, 0.2) is 0 Å². The molecule has 0 aliphatic heterocycles. The van der Waals surface area contributed by atoms with Crippen LogP contribution >= 0.6 is 0 Å². The number of aromatic nitrogens is 2. The molecule has 1 aromatic heterocycles. The molecule has 0 saturated carbocycles. The van der Waals surface area contributed by atoms with Gasteiger partial charge in [-0.3, -0.25) is 0 Å². The Morgan fingerprint density at radius 2 is 1.96 bits per heavy atom. The van der Waals surface area contributed by atoms with E-state index in [9.17, 15) is 14.3 Å². The smallest absolute Gasteiger partial charge is 0.437 e. The zero-order valence-electron chi connectivity index (χ0n) is 14.5. The topological polar surface area (TPSA) is 77.5 Å². The summed E-state index contributed by atoms with van der Waals surface area (Å²) in [5, 5.41) is 14.2. The van der Waals surface area contributed by atoms with Gasteiger partial charge >= 0.3 is 5.76 Å². The Hall–Kier alpha value is -2.93. The van der Waals surface area contributed by atoms with Gasteiger partial charge < -0.3 is 14.3 Å². The lowest BCUT2D eigenvalue weighted by molar-refractivity contribution is 0.0872. The molecule has 136 valence electrons. The highest BCUT2D eigenvalue weighted by molar-refractivity contribution is 5.51. The molecule has 1 atom stereocenters. The Morgan fingerprint density at radius 3 is 2.69 bits per heavy atom. The number of nitrogens with zero attached hydrogens (tertiary/aromatic N) is 2. The lowest BCUT2D eigenvalue weighted by Gasteiger charge is -2.13. The fourth-order valence-corrected chi connectivity index (χ4v) is 2.43. The summed E-state index contributed by atoms with van der Waals surface area (Å²) >= 11 is 0. The number of aryl methyl sites for hydroxylation is 2. The van der Waals surface area contributed by atoms with E-state index in [4.69, 9.17) is 9.15 Å². The maximum atomic E-state index is 13.0. The second kappa shape index (κ2) is 7.53. The summed E-state index contributed by atoms with van der Waals surface area (Å²) in [6.45, 7) is 3.80. The third-order valence-corrected chi connectivity index (χ3v) is 3.86. The third kappa shape index (κ3) is 4.18. The monoisotopic (exact) mass is 358 g/mol. The van der Waals surface area contributed by atoms with Crippen molar-refractivity contribution in [3.8, 4) is 17.2 Å². The van der Waals surface area contributed by atoms with E-state index in [2.05, 4.69) is 5.10 Å². The van der Waals surface area contributed by atoms with E-state index in [0.29, 0.717) is 11.3 Å². The van der Waals surface area contributed by atoms with Crippen molar-refractivity contribution in [3.05, 3.63) is 70.0 Å². The predicted octanol–water partition coefficient (Wildman–Crippen LogP) is 2.70. The first-order chi connectivity index (χ1) is 12.4. The average molecular weight is 358 g/mol. The summed E-state index contributed by atoms with van der Waals surface area (Å²) in [6, 6.07) is 11.2. The second-order valence-electron chi connectivity index (χ2n) is 6.10. The molecule has 0 fully saturated rings. The maximum Gasteiger partial charge on any atom is 0.437 e. The van der Waals surface area contributed by atoms with E-state index >= 15 is 0 Å². The van der Waals surface area contributed by atoms with Crippen LogP contribution < -0.4 is 10.5 Å². The summed E-state index contributed by atoms with van der Waals surface area (Å²) in [6.07, 6.45) is -0.946. The molecule has 0 spiro atoms. The van der Waals surface area contributed by atoms with Crippen LogP contribution in [0.1, 0.15) is 11.1 Å². The van der Waals surface area contributed by atoms with Gasteiger partial charge in [-0.1, -0.05) is 12.1 Å². The molecule has 0 amide bonds. The lowest BCUT2D eigenvalue weighted by Crippen LogP contribution is -2.29. The van der Waals surface area contributed by atoms with E-state index in [1.807, 2.05) is 32.0 Å². The second-order valence-corrected chi connectivity index (χ2v) is 6.10. The highest BCUT2D eigenvalue weighted by Gasteiger charge is 2.15. The van der Waals surface area contributed by atoms with Gasteiger partial charge in [-0.25, -0.2) is 9.18 Å². The normalized spacial score (nSPS) is 12.2. The number of aliphatic hydroxyl groups excluding tert-OH is 1. The van der Waals surface area contributed by atoms with Gasteiger partial charge in [-0.2, -0.15) is 4.68 Å². The summed E-state index contributed by atoms with van der Waals surface area (Å²) in [7, 11) is 0. The minimum absolute atomic E-state index is 0.00940. The fraction of sp³-hybridized carbons (Fsp3) is 0.263. The number of hydrogen-bond donors (Lipinski definition) is 1. The molecule has 0 unspecified atom stereocenters. The van der Waals surface area contributed by atoms with Crippen molar-refractivity contribution in [2.24, 2.45) is 0 Å². The van der Waals surface area contributed by atoms with Gasteiger partial charge in [0.05, 0.1) is 6.54 Å². The molecule has 0 saturated heterocycles. The molecule has 7 heteroatoms. The largest absolute Gasteiger partial charge is 0.491 e. The van der Waals surface area contributed by atoms with Crippen molar-refractivity contribution in [3.63, 3.8) is 0 Å². The fourth-order valence-electron chi connectivity index (χ4n) is 2.43. The van der Waals surface area contributed by atoms with E-state index in [-0.39, 0.29) is 19.0 Å². The zero-order chi connectivity index (χ0) is 18.7. The molecule has 0 aliphatic carbocycles. The lowest BCUT2D eigenvalue weighted by atomic mass is 10.1. The van der Waals surface area contributed by atoms with Crippen molar-refractivity contribution in [1.29, 1.82) is 0 Å². The maximum absolute atomic E-state index is 13.0. The number of hydrogen-bond acceptors (Lipinski definition) is 5. The van der Waals surface area contributed by atoms with Crippen molar-refractivity contribution in [2.45, 2.75) is 26.5 Å². The molecule has 1 N–H and O–H groups in total. The van der Waals surface area contributed by atoms with Gasteiger partial charge in [0.25, 0.3) is 0 Å². The van der Waals surface area contributed by atoms with Gasteiger partial charge in [-0.05, 0) is 55.3 Å². The first-order valence-corrected chi connectivity index (χ1v) is 8.14. The van der Waals surface area contributed by atoms with Crippen molar-refractivity contribution >= 4 is 0 Å². The molecule has 0 bridgehead atoms. The van der Waals surface area contributed by atoms with Crippen LogP contribution in [0, 0.1) is 19.7 Å². The van der Waals surface area contributed by atoms with Crippen LogP contribution in [0.5, 0.6) is 5.75 Å². The van der Waals surface area contributed by atoms with Crippen molar-refractivity contribution in [1.82, 2.24) is 9.78 Å². The Balaban J connectivity index is 1.66. The Morgan fingerprint density at radius 1 is 1.23 bits per heavy atom. The van der Waals surface area contributed by atoms with Gasteiger partial charge in [0.1, 0.15) is 24.3 Å². The Labute approximate surface area is 149 Å². The van der Waals surface area contributed by atoms with Crippen LogP contribution in [0.3, 0.4) is 0 Å². The summed E-state index contributed by atoms with van der Waals surface area (Å²) in [5.41, 5.74) is 2.49. The SMILES string of the molecule is Cc1ccc(C)c(OC[C@H](O)Cn2nc(-c3ccc(F)cc3)oc2=O)c1. The quantitative estimate of drug-likeness (QED) is 0.733. The standard InChI is InChI=1S/C19H19FN2O4/c1-12-3-4-13(2)17(9-12)25-11-16(23)10-22-19(24)26-18(21-22)14-5-7-15(20)8-6-14/h3-9,16,23H,10-11H2,1-2H3/t16-/m1/s1. The zero-order valence-corrected chi connectivity index (χ0v) is 14.5. The molecule has 0 aliphatic rings. The van der Waals surface area contributed by atoms with Crippen LogP contribution in [0.25, 0.3) is 11.5 Å². The van der Waals surface area contributed by atoms with E-state index < -0.39 is 17.7 Å². The molecule has 6 nitrogen and oxygen atoms in total. The van der Waals surface area contributed by atoms with Crippen LogP contribution in [0.4, 0.5) is 4.39 Å². The van der Waals surface area contributed by atoms with Crippen molar-refractivity contribution < 1.29 is 18.7 Å². The van der Waals surface area contributed by atoms with E-state index in [1.54, 1.807) is 0 Å².